The van der Waals surface area contributed by atoms with Gasteiger partial charge < -0.3 is 35.2 Å². The molecule has 1 heterocycles. The first-order chi connectivity index (χ1) is 26.6. The normalized spacial score (nSPS) is 19.5. The van der Waals surface area contributed by atoms with Gasteiger partial charge in [0.1, 0.15) is 23.5 Å². The molecule has 0 spiro atoms. The molecule has 0 radical (unpaired) electrons. The molecule has 0 saturated heterocycles. The second-order valence-electron chi connectivity index (χ2n) is 14.6. The monoisotopic (exact) mass is 788 g/mol. The summed E-state index contributed by atoms with van der Waals surface area (Å²) < 4.78 is 12.6. The van der Waals surface area contributed by atoms with Crippen molar-refractivity contribution >= 4 is 49.6 Å². The molecule has 0 unspecified atom stereocenters. The smallest absolute Gasteiger partial charge is 0.168 e. The minimum absolute atomic E-state index is 0.00428. The van der Waals surface area contributed by atoms with Gasteiger partial charge in [-0.05, 0) is 102 Å². The lowest BCUT2D eigenvalue weighted by Gasteiger charge is -2.29. The van der Waals surface area contributed by atoms with Gasteiger partial charge >= 0.3 is 0 Å². The van der Waals surface area contributed by atoms with Gasteiger partial charge in [-0.25, -0.2) is 0 Å². The van der Waals surface area contributed by atoms with Crippen LogP contribution in [-0.2, 0) is 33.1 Å². The number of rotatable bonds is 10. The van der Waals surface area contributed by atoms with Crippen molar-refractivity contribution in [1.82, 2.24) is 5.32 Å². The molecule has 4 aromatic rings. The molecular formula is C43H52N2O8S2. The fourth-order valence-corrected chi connectivity index (χ4v) is 9.93. The molecule has 0 aromatic heterocycles. The van der Waals surface area contributed by atoms with Crippen molar-refractivity contribution in [2.24, 2.45) is 0 Å². The summed E-state index contributed by atoms with van der Waals surface area (Å²) in [6.45, 7) is 1.44. The minimum atomic E-state index is -0.630. The molecule has 10 nitrogen and oxygen atoms in total. The third kappa shape index (κ3) is 10.5. The summed E-state index contributed by atoms with van der Waals surface area (Å²) >= 11 is 0. The Morgan fingerprint density at radius 1 is 0.964 bits per heavy atom. The van der Waals surface area contributed by atoms with Crippen LogP contribution in [0.3, 0.4) is 0 Å². The number of fused-ring (bicyclic) bond motifs is 5. The highest BCUT2D eigenvalue weighted by Crippen LogP contribution is 2.46. The molecule has 12 heteroatoms. The van der Waals surface area contributed by atoms with Crippen LogP contribution < -0.4 is 15.4 Å². The van der Waals surface area contributed by atoms with Crippen molar-refractivity contribution in [2.75, 3.05) is 24.7 Å². The molecule has 294 valence electrons. The molecular weight excluding hydrogens is 737 g/mol. The lowest BCUT2D eigenvalue weighted by molar-refractivity contribution is -0.124. The quantitative estimate of drug-likeness (QED) is 0.0682. The number of benzene rings is 4. The summed E-state index contributed by atoms with van der Waals surface area (Å²) in [6, 6.07) is 18.7. The van der Waals surface area contributed by atoms with E-state index in [-0.39, 0.29) is 55.1 Å². The Bertz CT molecular complexity index is 1970. The van der Waals surface area contributed by atoms with E-state index in [2.05, 4.69) is 10.6 Å². The Hall–Kier alpha value is -3.78. The van der Waals surface area contributed by atoms with Crippen LogP contribution in [0.2, 0.25) is 0 Å². The van der Waals surface area contributed by atoms with E-state index in [0.717, 1.165) is 58.7 Å². The molecule has 2 aliphatic rings. The summed E-state index contributed by atoms with van der Waals surface area (Å²) in [7, 11) is 4.71. The number of carbonyl (C=O) groups is 2. The molecule has 3 atom stereocenters. The zero-order valence-electron chi connectivity index (χ0n) is 31.5. The number of aliphatic hydroxyl groups excluding tert-OH is 2. The van der Waals surface area contributed by atoms with Gasteiger partial charge in [-0.15, -0.1) is 0 Å². The van der Waals surface area contributed by atoms with Crippen LogP contribution in [0, 0.1) is 0 Å². The maximum absolute atomic E-state index is 13.9. The fraction of sp³-hybridized carbons (Fsp3) is 0.442. The number of phenolic OH excluding ortho intramolecular Hbond substituents is 2. The van der Waals surface area contributed by atoms with E-state index in [0.29, 0.717) is 53.3 Å². The zero-order chi connectivity index (χ0) is 38.9. The van der Waals surface area contributed by atoms with Gasteiger partial charge in [0.2, 0.25) is 0 Å². The van der Waals surface area contributed by atoms with Crippen molar-refractivity contribution in [3.05, 3.63) is 82.9 Å². The number of aromatic hydroxyl groups is 2. The molecule has 6 rings (SSSR count). The highest BCUT2D eigenvalue weighted by atomic mass is 33.1. The van der Waals surface area contributed by atoms with Crippen LogP contribution in [0.25, 0.3) is 21.9 Å². The van der Waals surface area contributed by atoms with Gasteiger partial charge in [0.25, 0.3) is 0 Å². The van der Waals surface area contributed by atoms with Gasteiger partial charge in [-0.2, -0.15) is 0 Å². The average molecular weight is 789 g/mol. The van der Waals surface area contributed by atoms with E-state index in [1.807, 2.05) is 42.5 Å². The highest BCUT2D eigenvalue weighted by molar-refractivity contribution is 8.76. The Balaban J connectivity index is 1.31. The topological polar surface area (TPSA) is 158 Å². The van der Waals surface area contributed by atoms with Crippen LogP contribution in [0.1, 0.15) is 86.8 Å². The van der Waals surface area contributed by atoms with Crippen LogP contribution >= 0.6 is 21.6 Å². The lowest BCUT2D eigenvalue weighted by Crippen LogP contribution is -2.35. The maximum atomic E-state index is 13.9. The molecule has 0 bridgehead atoms. The predicted molar refractivity (Wildman–Crippen MR) is 221 cm³/mol. The number of ether oxygens (including phenoxy) is 2. The second-order valence-corrected chi connectivity index (χ2v) is 17.1. The second kappa shape index (κ2) is 19.4. The molecule has 4 aromatic carbocycles. The van der Waals surface area contributed by atoms with Crippen molar-refractivity contribution in [3.63, 3.8) is 0 Å². The third-order valence-electron chi connectivity index (χ3n) is 10.5. The van der Waals surface area contributed by atoms with E-state index in [1.165, 1.54) is 14.0 Å². The van der Waals surface area contributed by atoms with Gasteiger partial charge in [-0.3, -0.25) is 14.9 Å². The maximum Gasteiger partial charge on any atom is 0.168 e. The van der Waals surface area contributed by atoms with E-state index < -0.39 is 18.4 Å². The number of hydrogen-bond acceptors (Lipinski definition) is 12. The lowest BCUT2D eigenvalue weighted by atomic mass is 9.89. The van der Waals surface area contributed by atoms with Crippen LogP contribution in [0.15, 0.2) is 60.7 Å². The van der Waals surface area contributed by atoms with E-state index in [4.69, 9.17) is 9.47 Å². The predicted octanol–water partition coefficient (Wildman–Crippen LogP) is 7.96. The first kappa shape index (κ1) is 40.9. The molecule has 6 N–H and O–H groups in total. The number of carbonyl (C=O) groups excluding carboxylic acids is 2. The summed E-state index contributed by atoms with van der Waals surface area (Å²) in [5, 5.41) is 51.5. The van der Waals surface area contributed by atoms with Crippen LogP contribution in [0.5, 0.6) is 17.2 Å². The fourth-order valence-electron chi connectivity index (χ4n) is 7.63. The van der Waals surface area contributed by atoms with Gasteiger partial charge in [0.15, 0.2) is 11.5 Å². The standard InChI is InChI=1S/C43H52N2O8S2/c1-26(47)22-44-39-17-10-29(19-30(39)23-46)43(45-31-5-3-4-6-31)53-35-15-14-34(50)24-54-55-25-38-36(16-9-27-7-12-33(49)21-37(27)38)41-28(8-13-32(48)20-35)11-18-40(51)42(41)52-2/h7,9-12,16-19,21,31,34-35,43-46,49-51H,3-6,8,13-15,20,22-25H2,1-2H3/t34-,35-,43-/m0/s1. The molecule has 1 saturated carbocycles. The number of anilines is 1. The van der Waals surface area contributed by atoms with Crippen molar-refractivity contribution < 1.29 is 39.5 Å². The Morgan fingerprint density at radius 2 is 1.76 bits per heavy atom. The summed E-state index contributed by atoms with van der Waals surface area (Å²) in [6.07, 6.45) is 4.29. The number of aliphatic hydroxyl groups is 2. The van der Waals surface area contributed by atoms with Crippen molar-refractivity contribution in [2.45, 2.75) is 102 Å². The number of nitrogens with one attached hydrogen (secondary N) is 2. The van der Waals surface area contributed by atoms with Gasteiger partial charge in [0.05, 0.1) is 32.5 Å². The zero-order valence-corrected chi connectivity index (χ0v) is 33.1. The average Bonchev–Trinajstić information content (AvgIpc) is 3.69. The van der Waals surface area contributed by atoms with E-state index >= 15 is 0 Å². The van der Waals surface area contributed by atoms with Crippen LogP contribution in [-0.4, -0.2) is 69.6 Å². The molecule has 0 amide bonds. The number of methoxy groups -OCH3 is 1. The number of Topliss-reactive ketones (excluding diaryl/α,β-unsaturated/α-hetero) is 2. The van der Waals surface area contributed by atoms with Crippen molar-refractivity contribution in [3.8, 4) is 28.4 Å². The van der Waals surface area contributed by atoms with Crippen LogP contribution in [0.4, 0.5) is 5.69 Å². The van der Waals surface area contributed by atoms with E-state index in [9.17, 15) is 30.0 Å². The first-order valence-corrected chi connectivity index (χ1v) is 21.6. The molecule has 1 aliphatic heterocycles. The Morgan fingerprint density at radius 3 is 2.53 bits per heavy atom. The number of ketones is 2. The Kier molecular flexibility index (Phi) is 14.4. The van der Waals surface area contributed by atoms with Gasteiger partial charge in [0, 0.05) is 47.2 Å². The highest BCUT2D eigenvalue weighted by Gasteiger charge is 2.28. The molecule has 55 heavy (non-hydrogen) atoms. The summed E-state index contributed by atoms with van der Waals surface area (Å²) in [5.74, 6) is 1.50. The van der Waals surface area contributed by atoms with Gasteiger partial charge in [-0.1, -0.05) is 64.8 Å². The van der Waals surface area contributed by atoms with E-state index in [1.54, 1.807) is 39.8 Å². The number of phenols is 2. The SMILES string of the molecule is COc1c(O)ccc2c1-c1ccc3ccc(O)cc3c1CSSC[C@@H](O)CC[C@H](O[C@H](NC1CCCC1)c1ccc(NCC(C)=O)c(CO)c1)CC(=O)CC2. The number of hydrogen-bond donors (Lipinski definition) is 6. The largest absolute Gasteiger partial charge is 0.508 e. The van der Waals surface area contributed by atoms with Crippen molar-refractivity contribution in [1.29, 1.82) is 0 Å². The molecule has 1 aliphatic carbocycles. The first-order valence-electron chi connectivity index (χ1n) is 19.1. The summed E-state index contributed by atoms with van der Waals surface area (Å²) in [4.78, 5) is 25.6. The minimum Gasteiger partial charge on any atom is -0.508 e. The Labute approximate surface area is 330 Å². The third-order valence-corrected chi connectivity index (χ3v) is 12.9. The summed E-state index contributed by atoms with van der Waals surface area (Å²) in [5.41, 5.74) is 5.52. The number of aryl methyl sites for hydroxylation is 1. The molecule has 1 fully saturated rings.